The second-order valence-corrected chi connectivity index (χ2v) is 11.0. The fourth-order valence-corrected chi connectivity index (χ4v) is 4.53. The molecule has 2 aromatic carbocycles. The van der Waals surface area contributed by atoms with E-state index in [2.05, 4.69) is 17.2 Å². The van der Waals surface area contributed by atoms with Crippen LogP contribution in [0.15, 0.2) is 49.0 Å². The van der Waals surface area contributed by atoms with Crippen molar-refractivity contribution in [2.24, 2.45) is 5.92 Å². The summed E-state index contributed by atoms with van der Waals surface area (Å²) < 4.78 is 5.29. The van der Waals surface area contributed by atoms with Crippen LogP contribution < -0.4 is 10.6 Å². The Morgan fingerprint density at radius 3 is 2.45 bits per heavy atom. The zero-order chi connectivity index (χ0) is 28.2. The third kappa shape index (κ3) is 7.14. The van der Waals surface area contributed by atoms with Crippen molar-refractivity contribution < 1.29 is 24.2 Å². The predicted molar refractivity (Wildman–Crippen MR) is 149 cm³/mol. The summed E-state index contributed by atoms with van der Waals surface area (Å²) >= 11 is 6.39. The summed E-state index contributed by atoms with van der Waals surface area (Å²) in [6.45, 7) is 12.1. The highest BCUT2D eigenvalue weighted by Crippen LogP contribution is 2.41. The molecular weight excluding hydrogens is 506 g/mol. The number of rotatable bonds is 9. The largest absolute Gasteiger partial charge is 0.444 e. The molecule has 4 unspecified atom stereocenters. The maximum atomic E-state index is 14.0. The third-order valence-corrected chi connectivity index (χ3v) is 6.62. The predicted octanol–water partition coefficient (Wildman–Crippen LogP) is 5.09. The lowest BCUT2D eigenvalue weighted by Gasteiger charge is -2.35. The van der Waals surface area contributed by atoms with Crippen LogP contribution in [0.5, 0.6) is 0 Å². The van der Waals surface area contributed by atoms with Gasteiger partial charge in [-0.05, 0) is 68.9 Å². The summed E-state index contributed by atoms with van der Waals surface area (Å²) in [6, 6.07) is 9.83. The SMILES string of the molecule is C=Cc1cccc(C(C(=O)Nc2c(C)cccc2Cl)N(C(=O)C(CO)NC(=O)OC(C)(C)C)C2CC2C)c1. The van der Waals surface area contributed by atoms with Crippen molar-refractivity contribution in [2.45, 2.75) is 64.8 Å². The molecule has 0 bridgehead atoms. The van der Waals surface area contributed by atoms with Crippen LogP contribution in [0.3, 0.4) is 0 Å². The van der Waals surface area contributed by atoms with Crippen molar-refractivity contribution in [3.8, 4) is 0 Å². The Labute approximate surface area is 229 Å². The molecule has 4 atom stereocenters. The summed E-state index contributed by atoms with van der Waals surface area (Å²) in [5, 5.41) is 15.8. The molecule has 0 aromatic heterocycles. The molecule has 1 saturated carbocycles. The molecule has 3 amide bonds. The number of aliphatic hydroxyl groups excluding tert-OH is 1. The van der Waals surface area contributed by atoms with Gasteiger partial charge in [0.2, 0.25) is 5.91 Å². The Morgan fingerprint density at radius 2 is 1.89 bits per heavy atom. The van der Waals surface area contributed by atoms with E-state index in [1.54, 1.807) is 57.2 Å². The number of para-hydroxylation sites is 1. The van der Waals surface area contributed by atoms with Gasteiger partial charge in [-0.1, -0.05) is 61.5 Å². The average molecular weight is 542 g/mol. The topological polar surface area (TPSA) is 108 Å². The van der Waals surface area contributed by atoms with Crippen molar-refractivity contribution in [3.63, 3.8) is 0 Å². The fraction of sp³-hybridized carbons (Fsp3) is 0.414. The van der Waals surface area contributed by atoms with Gasteiger partial charge >= 0.3 is 6.09 Å². The molecule has 2 aromatic rings. The lowest BCUT2D eigenvalue weighted by molar-refractivity contribution is -0.142. The van der Waals surface area contributed by atoms with Gasteiger partial charge in [0.1, 0.15) is 17.7 Å². The molecule has 0 aliphatic heterocycles. The number of anilines is 1. The number of benzene rings is 2. The number of carbonyl (C=O) groups excluding carboxylic acids is 3. The van der Waals surface area contributed by atoms with E-state index in [1.165, 1.54) is 4.90 Å². The summed E-state index contributed by atoms with van der Waals surface area (Å²) in [7, 11) is 0. The van der Waals surface area contributed by atoms with E-state index < -0.39 is 42.2 Å². The summed E-state index contributed by atoms with van der Waals surface area (Å²) in [6.07, 6.45) is 1.49. The van der Waals surface area contributed by atoms with Gasteiger partial charge in [0.15, 0.2) is 0 Å². The molecule has 1 aliphatic rings. The molecule has 0 spiro atoms. The zero-order valence-corrected chi connectivity index (χ0v) is 23.2. The molecule has 1 aliphatic carbocycles. The van der Waals surface area contributed by atoms with Crippen molar-refractivity contribution >= 4 is 41.3 Å². The van der Waals surface area contributed by atoms with E-state index in [-0.39, 0.29) is 12.0 Å². The van der Waals surface area contributed by atoms with Gasteiger partial charge in [0, 0.05) is 6.04 Å². The fourth-order valence-electron chi connectivity index (χ4n) is 4.26. The molecule has 3 rings (SSSR count). The maximum Gasteiger partial charge on any atom is 0.408 e. The molecule has 0 heterocycles. The van der Waals surface area contributed by atoms with Crippen LogP contribution in [0.2, 0.25) is 5.02 Å². The number of aryl methyl sites for hydroxylation is 1. The number of hydrogen-bond donors (Lipinski definition) is 3. The Kier molecular flexibility index (Phi) is 9.22. The van der Waals surface area contributed by atoms with E-state index in [4.69, 9.17) is 16.3 Å². The van der Waals surface area contributed by atoms with Crippen LogP contribution >= 0.6 is 11.6 Å². The number of hydrogen-bond acceptors (Lipinski definition) is 5. The molecular formula is C29H36ClN3O5. The van der Waals surface area contributed by atoms with Crippen LogP contribution in [0, 0.1) is 12.8 Å². The van der Waals surface area contributed by atoms with E-state index in [9.17, 15) is 19.5 Å². The van der Waals surface area contributed by atoms with Gasteiger partial charge in [-0.15, -0.1) is 0 Å². The normalized spacial score (nSPS) is 18.1. The molecule has 0 saturated heterocycles. The van der Waals surface area contributed by atoms with E-state index >= 15 is 0 Å². The minimum absolute atomic E-state index is 0.125. The smallest absolute Gasteiger partial charge is 0.408 e. The van der Waals surface area contributed by atoms with E-state index in [0.717, 1.165) is 11.1 Å². The molecule has 204 valence electrons. The molecule has 8 nitrogen and oxygen atoms in total. The molecule has 3 N–H and O–H groups in total. The highest BCUT2D eigenvalue weighted by molar-refractivity contribution is 6.34. The first-order valence-corrected chi connectivity index (χ1v) is 12.9. The Bertz CT molecular complexity index is 1190. The second-order valence-electron chi connectivity index (χ2n) is 10.6. The minimum atomic E-state index is -1.31. The average Bonchev–Trinajstić information content (AvgIpc) is 3.57. The third-order valence-electron chi connectivity index (χ3n) is 6.31. The number of nitrogens with zero attached hydrogens (tertiary/aromatic N) is 1. The first-order chi connectivity index (χ1) is 17.9. The number of amides is 3. The van der Waals surface area contributed by atoms with Crippen molar-refractivity contribution in [3.05, 3.63) is 70.8 Å². The quantitative estimate of drug-likeness (QED) is 0.409. The van der Waals surface area contributed by atoms with E-state index in [1.807, 2.05) is 26.0 Å². The highest BCUT2D eigenvalue weighted by atomic mass is 35.5. The first-order valence-electron chi connectivity index (χ1n) is 12.6. The van der Waals surface area contributed by atoms with Crippen LogP contribution in [-0.2, 0) is 14.3 Å². The highest BCUT2D eigenvalue weighted by Gasteiger charge is 2.48. The van der Waals surface area contributed by atoms with Crippen LogP contribution in [0.25, 0.3) is 6.08 Å². The minimum Gasteiger partial charge on any atom is -0.444 e. The maximum absolute atomic E-state index is 14.0. The van der Waals surface area contributed by atoms with Crippen LogP contribution in [0.1, 0.15) is 56.8 Å². The Balaban J connectivity index is 2.04. The Hall–Kier alpha value is -3.36. The summed E-state index contributed by atoms with van der Waals surface area (Å²) in [5.41, 5.74) is 1.76. The van der Waals surface area contributed by atoms with Gasteiger partial charge in [0.25, 0.3) is 5.91 Å². The molecule has 38 heavy (non-hydrogen) atoms. The molecule has 9 heteroatoms. The van der Waals surface area contributed by atoms with Crippen molar-refractivity contribution in [2.75, 3.05) is 11.9 Å². The lowest BCUT2D eigenvalue weighted by atomic mass is 9.99. The summed E-state index contributed by atoms with van der Waals surface area (Å²) in [5.74, 6) is -0.934. The molecule has 1 fully saturated rings. The lowest BCUT2D eigenvalue weighted by Crippen LogP contribution is -2.54. The van der Waals surface area contributed by atoms with Gasteiger partial charge in [-0.3, -0.25) is 9.59 Å². The number of halogens is 1. The monoisotopic (exact) mass is 541 g/mol. The van der Waals surface area contributed by atoms with Crippen molar-refractivity contribution in [1.29, 1.82) is 0 Å². The van der Waals surface area contributed by atoms with Gasteiger partial charge in [-0.25, -0.2) is 4.79 Å². The summed E-state index contributed by atoms with van der Waals surface area (Å²) in [4.78, 5) is 41.8. The number of alkyl carbamates (subject to hydrolysis) is 1. The van der Waals surface area contributed by atoms with Crippen LogP contribution in [-0.4, -0.2) is 52.2 Å². The van der Waals surface area contributed by atoms with Gasteiger partial charge in [-0.2, -0.15) is 0 Å². The van der Waals surface area contributed by atoms with Gasteiger partial charge < -0.3 is 25.4 Å². The second kappa shape index (κ2) is 12.0. The first kappa shape index (κ1) is 29.2. The standard InChI is InChI=1S/C29H36ClN3O5/c1-7-19-11-9-12-20(15-19)25(26(35)32-24-17(2)10-8-13-21(24)30)33(23-14-18(23)3)27(36)22(16-34)31-28(37)38-29(4,5)6/h7-13,15,18,22-23,25,34H,1,14,16H2,2-6H3,(H,31,37)(H,32,35). The zero-order valence-electron chi connectivity index (χ0n) is 22.5. The van der Waals surface area contributed by atoms with Gasteiger partial charge in [0.05, 0.1) is 17.3 Å². The molecule has 0 radical (unpaired) electrons. The van der Waals surface area contributed by atoms with E-state index in [0.29, 0.717) is 22.7 Å². The number of nitrogens with one attached hydrogen (secondary N) is 2. The number of aliphatic hydroxyl groups is 1. The Morgan fingerprint density at radius 1 is 1.24 bits per heavy atom. The number of carbonyl (C=O) groups is 3. The van der Waals surface area contributed by atoms with Crippen molar-refractivity contribution in [1.82, 2.24) is 10.2 Å². The number of ether oxygens (including phenoxy) is 1. The van der Waals surface area contributed by atoms with Crippen LogP contribution in [0.4, 0.5) is 10.5 Å².